The maximum atomic E-state index is 5.25. The lowest BCUT2D eigenvalue weighted by molar-refractivity contribution is 0.414. The molecule has 0 heterocycles. The van der Waals surface area contributed by atoms with E-state index in [0.29, 0.717) is 0 Å². The second kappa shape index (κ2) is 7.74. The summed E-state index contributed by atoms with van der Waals surface area (Å²) in [5.74, 6) is 0.909. The number of methoxy groups -OCH3 is 1. The minimum Gasteiger partial charge on any atom is -0.497 e. The van der Waals surface area contributed by atoms with E-state index in [4.69, 9.17) is 4.74 Å². The van der Waals surface area contributed by atoms with Gasteiger partial charge in [-0.3, -0.25) is 0 Å². The van der Waals surface area contributed by atoms with Crippen molar-refractivity contribution in [1.82, 2.24) is 0 Å². The summed E-state index contributed by atoms with van der Waals surface area (Å²) in [6.45, 7) is 4.07. The molecule has 3 radical (unpaired) electrons. The molecule has 0 aliphatic carbocycles. The van der Waals surface area contributed by atoms with Gasteiger partial charge in [0.1, 0.15) is 5.75 Å². The average molecular weight is 265 g/mol. The molecule has 0 aromatic heterocycles. The van der Waals surface area contributed by atoms with E-state index in [9.17, 15) is 0 Å². The molecule has 0 spiro atoms. The second-order valence-electron chi connectivity index (χ2n) is 4.84. The van der Waals surface area contributed by atoms with Crippen LogP contribution in [-0.4, -0.2) is 7.11 Å². The highest BCUT2D eigenvalue weighted by molar-refractivity contribution is 5.37. The fourth-order valence-electron chi connectivity index (χ4n) is 2.16. The minimum absolute atomic E-state index is 0.909. The van der Waals surface area contributed by atoms with Crippen LogP contribution in [0.1, 0.15) is 29.5 Å². The Labute approximate surface area is 122 Å². The van der Waals surface area contributed by atoms with Crippen molar-refractivity contribution in [2.24, 2.45) is 0 Å². The molecule has 2 aromatic carbocycles. The molecule has 0 fully saturated rings. The third-order valence-electron chi connectivity index (χ3n) is 3.34. The van der Waals surface area contributed by atoms with Crippen LogP contribution in [0.5, 0.6) is 5.75 Å². The van der Waals surface area contributed by atoms with Crippen molar-refractivity contribution in [3.63, 3.8) is 0 Å². The van der Waals surface area contributed by atoms with Gasteiger partial charge in [0.15, 0.2) is 0 Å². The lowest BCUT2D eigenvalue weighted by Gasteiger charge is -2.08. The van der Waals surface area contributed by atoms with Crippen LogP contribution in [0.3, 0.4) is 0 Å². The van der Waals surface area contributed by atoms with Crippen molar-refractivity contribution in [1.29, 1.82) is 0 Å². The zero-order valence-electron chi connectivity index (χ0n) is 12.0. The van der Waals surface area contributed by atoms with Crippen LogP contribution in [-0.2, 0) is 6.42 Å². The molecule has 0 aliphatic rings. The van der Waals surface area contributed by atoms with E-state index in [0.717, 1.165) is 30.6 Å². The number of benzene rings is 2. The molecule has 0 saturated carbocycles. The van der Waals surface area contributed by atoms with Crippen LogP contribution in [0.4, 0.5) is 0 Å². The van der Waals surface area contributed by atoms with E-state index in [-0.39, 0.29) is 0 Å². The van der Waals surface area contributed by atoms with E-state index in [2.05, 4.69) is 50.1 Å². The summed E-state index contributed by atoms with van der Waals surface area (Å²) in [5.41, 5.74) is 3.63. The molecule has 2 aromatic rings. The summed E-state index contributed by atoms with van der Waals surface area (Å²) in [7, 11) is 1.70. The summed E-state index contributed by atoms with van der Waals surface area (Å²) >= 11 is 0. The predicted octanol–water partition coefficient (Wildman–Crippen LogP) is 4.66. The quantitative estimate of drug-likeness (QED) is 0.662. The third kappa shape index (κ3) is 4.41. The maximum absolute atomic E-state index is 5.25. The van der Waals surface area contributed by atoms with Gasteiger partial charge in [0.05, 0.1) is 7.11 Å². The molecular formula is C19H21O. The number of unbranched alkanes of at least 4 members (excludes halogenated alkanes) is 2. The monoisotopic (exact) mass is 265 g/mol. The molecular weight excluding hydrogens is 244 g/mol. The van der Waals surface area contributed by atoms with Crippen LogP contribution < -0.4 is 4.74 Å². The van der Waals surface area contributed by atoms with Crippen LogP contribution in [0, 0.1) is 19.8 Å². The molecule has 0 saturated heterocycles. The molecule has 1 heteroatoms. The second-order valence-corrected chi connectivity index (χ2v) is 4.84. The summed E-state index contributed by atoms with van der Waals surface area (Å²) in [4.78, 5) is 0. The van der Waals surface area contributed by atoms with Gasteiger partial charge >= 0.3 is 0 Å². The Kier molecular flexibility index (Phi) is 5.67. The van der Waals surface area contributed by atoms with Gasteiger partial charge in [0, 0.05) is 0 Å². The summed E-state index contributed by atoms with van der Waals surface area (Å²) < 4.78 is 5.25. The van der Waals surface area contributed by atoms with Gasteiger partial charge in [-0.1, -0.05) is 36.4 Å². The zero-order chi connectivity index (χ0) is 14.2. The van der Waals surface area contributed by atoms with Crippen LogP contribution >= 0.6 is 0 Å². The highest BCUT2D eigenvalue weighted by atomic mass is 16.5. The van der Waals surface area contributed by atoms with Crippen molar-refractivity contribution in [2.45, 2.75) is 19.3 Å². The van der Waals surface area contributed by atoms with Gasteiger partial charge in [-0.05, 0) is 67.9 Å². The van der Waals surface area contributed by atoms with Gasteiger partial charge < -0.3 is 4.74 Å². The topological polar surface area (TPSA) is 9.23 Å². The number of hydrogen-bond donors (Lipinski definition) is 0. The fraction of sp³-hybridized carbons (Fsp3) is 0.211. The number of hydrogen-bond acceptors (Lipinski definition) is 1. The SMILES string of the molecule is [CH2]c1ccc(OC)cc1CCC[CH][CH]c1ccccc1. The minimum atomic E-state index is 0.909. The molecule has 0 aliphatic heterocycles. The first-order valence-electron chi connectivity index (χ1n) is 7.00. The first-order chi connectivity index (χ1) is 9.79. The highest BCUT2D eigenvalue weighted by Crippen LogP contribution is 2.19. The molecule has 2 rings (SSSR count). The normalized spacial score (nSPS) is 10.5. The molecule has 1 nitrogen and oxygen atoms in total. The standard InChI is InChI=1S/C19H21O/c1-16-13-14-19(20-2)15-18(16)12-8-4-7-11-17-9-5-3-6-10-17/h3,5-7,9-11,13-15H,1,4,8,12H2,2H3. The summed E-state index contributed by atoms with van der Waals surface area (Å²) in [6, 6.07) is 16.5. The van der Waals surface area contributed by atoms with Gasteiger partial charge in [-0.25, -0.2) is 0 Å². The van der Waals surface area contributed by atoms with Gasteiger partial charge in [-0.15, -0.1) is 0 Å². The fourth-order valence-corrected chi connectivity index (χ4v) is 2.16. The Morgan fingerprint density at radius 2 is 1.90 bits per heavy atom. The Hall–Kier alpha value is -1.76. The summed E-state index contributed by atoms with van der Waals surface area (Å²) in [6.07, 6.45) is 7.65. The molecule has 20 heavy (non-hydrogen) atoms. The molecule has 0 N–H and O–H groups in total. The van der Waals surface area contributed by atoms with E-state index in [1.165, 1.54) is 11.1 Å². The number of rotatable bonds is 7. The zero-order valence-corrected chi connectivity index (χ0v) is 12.0. The number of ether oxygens (including phenoxy) is 1. The van der Waals surface area contributed by atoms with E-state index in [1.807, 2.05) is 18.2 Å². The Balaban J connectivity index is 1.73. The highest BCUT2D eigenvalue weighted by Gasteiger charge is 2.01. The Morgan fingerprint density at radius 3 is 2.65 bits per heavy atom. The lowest BCUT2D eigenvalue weighted by Crippen LogP contribution is -1.93. The van der Waals surface area contributed by atoms with E-state index < -0.39 is 0 Å². The molecule has 103 valence electrons. The predicted molar refractivity (Wildman–Crippen MR) is 84.5 cm³/mol. The van der Waals surface area contributed by atoms with Gasteiger partial charge in [-0.2, -0.15) is 0 Å². The maximum Gasteiger partial charge on any atom is 0.119 e. The number of aryl methyl sites for hydroxylation is 1. The third-order valence-corrected chi connectivity index (χ3v) is 3.34. The van der Waals surface area contributed by atoms with Gasteiger partial charge in [0.2, 0.25) is 0 Å². The average Bonchev–Trinajstić information content (AvgIpc) is 2.50. The smallest absolute Gasteiger partial charge is 0.119 e. The largest absolute Gasteiger partial charge is 0.497 e. The van der Waals surface area contributed by atoms with Crippen LogP contribution in [0.15, 0.2) is 48.5 Å². The van der Waals surface area contributed by atoms with E-state index >= 15 is 0 Å². The van der Waals surface area contributed by atoms with Crippen molar-refractivity contribution in [3.8, 4) is 5.75 Å². The van der Waals surface area contributed by atoms with Gasteiger partial charge in [0.25, 0.3) is 0 Å². The molecule has 0 unspecified atom stereocenters. The molecule has 0 bridgehead atoms. The van der Waals surface area contributed by atoms with Crippen LogP contribution in [0.25, 0.3) is 0 Å². The Morgan fingerprint density at radius 1 is 1.10 bits per heavy atom. The first kappa shape index (κ1) is 14.6. The van der Waals surface area contributed by atoms with Crippen molar-refractivity contribution < 1.29 is 4.74 Å². The van der Waals surface area contributed by atoms with Crippen molar-refractivity contribution in [3.05, 3.63) is 85.0 Å². The van der Waals surface area contributed by atoms with Crippen molar-refractivity contribution in [2.75, 3.05) is 7.11 Å². The summed E-state index contributed by atoms with van der Waals surface area (Å²) in [5, 5.41) is 0. The molecule has 0 atom stereocenters. The first-order valence-corrected chi connectivity index (χ1v) is 7.00. The Bertz CT molecular complexity index is 517. The van der Waals surface area contributed by atoms with Crippen molar-refractivity contribution >= 4 is 0 Å². The van der Waals surface area contributed by atoms with Crippen LogP contribution in [0.2, 0.25) is 0 Å². The lowest BCUT2D eigenvalue weighted by atomic mass is 10.0. The van der Waals surface area contributed by atoms with E-state index in [1.54, 1.807) is 7.11 Å². The molecule has 0 amide bonds.